The summed E-state index contributed by atoms with van der Waals surface area (Å²) in [6, 6.07) is 6.92. The minimum atomic E-state index is -1.83. The molecule has 0 heterocycles. The SMILES string of the molecule is COc1ccc(CSc2c(F)c(F)c(F)c(F)c2Br)cc1. The van der Waals surface area contributed by atoms with Crippen molar-refractivity contribution in [2.24, 2.45) is 0 Å². The van der Waals surface area contributed by atoms with E-state index >= 15 is 0 Å². The highest BCUT2D eigenvalue weighted by molar-refractivity contribution is 9.10. The normalized spacial score (nSPS) is 10.8. The molecule has 1 nitrogen and oxygen atoms in total. The van der Waals surface area contributed by atoms with Crippen LogP contribution < -0.4 is 4.74 Å². The summed E-state index contributed by atoms with van der Waals surface area (Å²) in [7, 11) is 1.53. The van der Waals surface area contributed by atoms with Crippen molar-refractivity contribution in [1.82, 2.24) is 0 Å². The molecule has 0 N–H and O–H groups in total. The van der Waals surface area contributed by atoms with E-state index < -0.39 is 27.7 Å². The van der Waals surface area contributed by atoms with Crippen LogP contribution in [0.4, 0.5) is 17.6 Å². The topological polar surface area (TPSA) is 9.23 Å². The second-order valence-electron chi connectivity index (χ2n) is 4.04. The van der Waals surface area contributed by atoms with Gasteiger partial charge in [-0.25, -0.2) is 17.6 Å². The van der Waals surface area contributed by atoms with Crippen LogP contribution in [0, 0.1) is 23.3 Å². The second-order valence-corrected chi connectivity index (χ2v) is 5.81. The van der Waals surface area contributed by atoms with Crippen molar-refractivity contribution in [2.45, 2.75) is 10.6 Å². The van der Waals surface area contributed by atoms with E-state index in [0.717, 1.165) is 17.3 Å². The number of benzene rings is 2. The van der Waals surface area contributed by atoms with Gasteiger partial charge in [0.25, 0.3) is 0 Å². The zero-order chi connectivity index (χ0) is 15.6. The van der Waals surface area contributed by atoms with Crippen molar-refractivity contribution in [3.05, 3.63) is 57.6 Å². The van der Waals surface area contributed by atoms with Crippen molar-refractivity contribution >= 4 is 27.7 Å². The summed E-state index contributed by atoms with van der Waals surface area (Å²) >= 11 is 3.62. The maximum Gasteiger partial charge on any atom is 0.198 e. The third-order valence-electron chi connectivity index (χ3n) is 2.71. The monoisotopic (exact) mass is 380 g/mol. The van der Waals surface area contributed by atoms with E-state index in [1.54, 1.807) is 24.3 Å². The molecule has 0 amide bonds. The van der Waals surface area contributed by atoms with Crippen LogP contribution in [0.3, 0.4) is 0 Å². The zero-order valence-electron chi connectivity index (χ0n) is 10.7. The van der Waals surface area contributed by atoms with Crippen LogP contribution in [0.5, 0.6) is 5.75 Å². The summed E-state index contributed by atoms with van der Waals surface area (Å²) in [5.74, 6) is -5.55. The number of thioether (sulfide) groups is 1. The summed E-state index contributed by atoms with van der Waals surface area (Å²) in [4.78, 5) is -0.304. The Morgan fingerprint density at radius 1 is 0.952 bits per heavy atom. The lowest BCUT2D eigenvalue weighted by Gasteiger charge is -2.09. The fourth-order valence-corrected chi connectivity index (χ4v) is 3.22. The molecule has 0 radical (unpaired) electrons. The first-order valence-electron chi connectivity index (χ1n) is 5.73. The molecule has 0 aliphatic carbocycles. The molecule has 112 valence electrons. The molecule has 2 aromatic rings. The summed E-state index contributed by atoms with van der Waals surface area (Å²) in [5.41, 5.74) is 0.803. The Morgan fingerprint density at radius 3 is 2.10 bits per heavy atom. The summed E-state index contributed by atoms with van der Waals surface area (Å²) in [5, 5.41) is 0. The number of hydrogen-bond acceptors (Lipinski definition) is 2. The first-order valence-corrected chi connectivity index (χ1v) is 7.50. The quantitative estimate of drug-likeness (QED) is 0.307. The molecule has 21 heavy (non-hydrogen) atoms. The largest absolute Gasteiger partial charge is 0.497 e. The van der Waals surface area contributed by atoms with Crippen LogP contribution in [-0.2, 0) is 5.75 Å². The first kappa shape index (κ1) is 16.2. The zero-order valence-corrected chi connectivity index (χ0v) is 13.1. The summed E-state index contributed by atoms with van der Waals surface area (Å²) in [6.45, 7) is 0. The van der Waals surface area contributed by atoms with E-state index in [9.17, 15) is 17.6 Å². The van der Waals surface area contributed by atoms with Crippen molar-refractivity contribution in [3.8, 4) is 5.75 Å². The third kappa shape index (κ3) is 3.35. The highest BCUT2D eigenvalue weighted by atomic mass is 79.9. The lowest BCUT2D eigenvalue weighted by atomic mass is 10.2. The molecule has 0 aliphatic rings. The van der Waals surface area contributed by atoms with Crippen LogP contribution in [0.1, 0.15) is 5.56 Å². The Kier molecular flexibility index (Phi) is 5.16. The Labute approximate surface area is 131 Å². The fraction of sp³-hybridized carbons (Fsp3) is 0.143. The highest BCUT2D eigenvalue weighted by Gasteiger charge is 2.24. The van der Waals surface area contributed by atoms with E-state index in [0.29, 0.717) is 5.75 Å². The molecule has 0 aliphatic heterocycles. The maximum atomic E-state index is 13.7. The number of methoxy groups -OCH3 is 1. The van der Waals surface area contributed by atoms with Crippen LogP contribution in [0.2, 0.25) is 0 Å². The van der Waals surface area contributed by atoms with Crippen LogP contribution in [0.25, 0.3) is 0 Å². The average Bonchev–Trinajstić information content (AvgIpc) is 2.51. The van der Waals surface area contributed by atoms with Crippen molar-refractivity contribution in [1.29, 1.82) is 0 Å². The van der Waals surface area contributed by atoms with Gasteiger partial charge < -0.3 is 4.74 Å². The Hall–Kier alpha value is -1.21. The molecule has 0 saturated carbocycles. The van der Waals surface area contributed by atoms with Crippen molar-refractivity contribution in [3.63, 3.8) is 0 Å². The van der Waals surface area contributed by atoms with E-state index in [-0.39, 0.29) is 10.6 Å². The highest BCUT2D eigenvalue weighted by Crippen LogP contribution is 2.37. The molecular formula is C14H9BrF4OS. The molecule has 2 aromatic carbocycles. The number of halogens is 5. The van der Waals surface area contributed by atoms with Gasteiger partial charge in [-0.05, 0) is 33.6 Å². The Bertz CT molecular complexity index is 632. The minimum absolute atomic E-state index is 0.268. The predicted octanol–water partition coefficient (Wildman–Crippen LogP) is 5.31. The lowest BCUT2D eigenvalue weighted by Crippen LogP contribution is -2.00. The Morgan fingerprint density at radius 2 is 1.52 bits per heavy atom. The minimum Gasteiger partial charge on any atom is -0.497 e. The van der Waals surface area contributed by atoms with E-state index in [2.05, 4.69) is 15.9 Å². The molecular weight excluding hydrogens is 372 g/mol. The van der Waals surface area contributed by atoms with Gasteiger partial charge in [0, 0.05) is 5.75 Å². The standard InChI is InChI=1S/C14H9BrF4OS/c1-20-8-4-2-7(3-5-8)6-21-14-9(15)10(16)11(17)12(18)13(14)19/h2-5H,6H2,1H3. The molecule has 7 heteroatoms. The first-order chi connectivity index (χ1) is 9.95. The second kappa shape index (κ2) is 6.70. The summed E-state index contributed by atoms with van der Waals surface area (Å²) in [6.07, 6.45) is 0. The van der Waals surface area contributed by atoms with Gasteiger partial charge in [0.15, 0.2) is 23.3 Å². The van der Waals surface area contributed by atoms with E-state index in [4.69, 9.17) is 4.74 Å². The predicted molar refractivity (Wildman–Crippen MR) is 76.5 cm³/mol. The molecule has 2 rings (SSSR count). The van der Waals surface area contributed by atoms with Gasteiger partial charge in [-0.2, -0.15) is 0 Å². The average molecular weight is 381 g/mol. The van der Waals surface area contributed by atoms with Crippen LogP contribution in [-0.4, -0.2) is 7.11 Å². The Balaban J connectivity index is 2.23. The smallest absolute Gasteiger partial charge is 0.198 e. The molecule has 0 aromatic heterocycles. The molecule has 0 spiro atoms. The molecule has 0 atom stereocenters. The molecule has 0 bridgehead atoms. The number of ether oxygens (including phenoxy) is 1. The van der Waals surface area contributed by atoms with Gasteiger partial charge in [-0.15, -0.1) is 11.8 Å². The van der Waals surface area contributed by atoms with Crippen LogP contribution in [0.15, 0.2) is 33.6 Å². The molecule has 0 unspecified atom stereocenters. The van der Waals surface area contributed by atoms with E-state index in [1.165, 1.54) is 7.11 Å². The fourth-order valence-electron chi connectivity index (χ4n) is 1.59. The van der Waals surface area contributed by atoms with Crippen molar-refractivity contribution in [2.75, 3.05) is 7.11 Å². The van der Waals surface area contributed by atoms with E-state index in [1.807, 2.05) is 0 Å². The van der Waals surface area contributed by atoms with Gasteiger partial charge >= 0.3 is 0 Å². The molecule has 0 saturated heterocycles. The van der Waals surface area contributed by atoms with Gasteiger partial charge in [0.1, 0.15) is 5.75 Å². The van der Waals surface area contributed by atoms with Crippen LogP contribution >= 0.6 is 27.7 Å². The molecule has 0 fully saturated rings. The third-order valence-corrected chi connectivity index (χ3v) is 4.87. The number of rotatable bonds is 4. The van der Waals surface area contributed by atoms with Gasteiger partial charge in [0.2, 0.25) is 0 Å². The number of hydrogen-bond donors (Lipinski definition) is 0. The maximum absolute atomic E-state index is 13.7. The van der Waals surface area contributed by atoms with Gasteiger partial charge in [-0.3, -0.25) is 0 Å². The van der Waals surface area contributed by atoms with Crippen molar-refractivity contribution < 1.29 is 22.3 Å². The lowest BCUT2D eigenvalue weighted by molar-refractivity contribution is 0.395. The van der Waals surface area contributed by atoms with Gasteiger partial charge in [0.05, 0.1) is 16.5 Å². The van der Waals surface area contributed by atoms with Gasteiger partial charge in [-0.1, -0.05) is 12.1 Å². The summed E-state index contributed by atoms with van der Waals surface area (Å²) < 4.78 is 57.9.